The first kappa shape index (κ1) is 28.9. The number of nitrogens with zero attached hydrogens (tertiary/aromatic N) is 3. The van der Waals surface area contributed by atoms with E-state index in [1.807, 2.05) is 12.1 Å². The van der Waals surface area contributed by atoms with Gasteiger partial charge in [-0.05, 0) is 91.7 Å². The van der Waals surface area contributed by atoms with Crippen molar-refractivity contribution in [2.24, 2.45) is 0 Å². The van der Waals surface area contributed by atoms with Crippen LogP contribution in [-0.4, -0.2) is 15.0 Å². The molecule has 10 aromatic rings. The Kier molecular flexibility index (Phi) is 6.28. The molecule has 0 saturated heterocycles. The molecular formula is C48H29N3O. The zero-order chi connectivity index (χ0) is 34.2. The normalized spacial score (nSPS) is 12.2. The lowest BCUT2D eigenvalue weighted by atomic mass is 9.94. The first-order valence-electron chi connectivity index (χ1n) is 17.6. The van der Waals surface area contributed by atoms with Gasteiger partial charge in [-0.2, -0.15) is 0 Å². The molecule has 0 bridgehead atoms. The Morgan fingerprint density at radius 1 is 0.365 bits per heavy atom. The van der Waals surface area contributed by atoms with E-state index in [2.05, 4.69) is 152 Å². The molecule has 0 radical (unpaired) electrons. The zero-order valence-electron chi connectivity index (χ0n) is 28.0. The highest BCUT2D eigenvalue weighted by atomic mass is 16.3. The highest BCUT2D eigenvalue weighted by Gasteiger charge is 2.22. The van der Waals surface area contributed by atoms with Crippen molar-refractivity contribution in [3.05, 3.63) is 175 Å². The number of benzene rings is 8. The predicted molar refractivity (Wildman–Crippen MR) is 212 cm³/mol. The molecule has 0 unspecified atom stereocenters. The smallest absolute Gasteiger partial charge is 0.164 e. The van der Waals surface area contributed by atoms with Gasteiger partial charge in [-0.1, -0.05) is 133 Å². The third-order valence-electron chi connectivity index (χ3n) is 10.5. The summed E-state index contributed by atoms with van der Waals surface area (Å²) in [4.78, 5) is 15.8. The summed E-state index contributed by atoms with van der Waals surface area (Å²) in [5, 5.41) is 6.70. The van der Waals surface area contributed by atoms with Crippen molar-refractivity contribution < 1.29 is 4.42 Å². The van der Waals surface area contributed by atoms with E-state index in [9.17, 15) is 0 Å². The predicted octanol–water partition coefficient (Wildman–Crippen LogP) is 12.3. The number of hydrogen-bond donors (Lipinski definition) is 0. The second-order valence-electron chi connectivity index (χ2n) is 13.6. The second kappa shape index (κ2) is 11.3. The highest BCUT2D eigenvalue weighted by molar-refractivity contribution is 6.14. The van der Waals surface area contributed by atoms with Crippen molar-refractivity contribution in [3.63, 3.8) is 0 Å². The van der Waals surface area contributed by atoms with Gasteiger partial charge in [-0.15, -0.1) is 0 Å². The molecule has 52 heavy (non-hydrogen) atoms. The standard InChI is InChI=1S/C48H29N3O/c1-2-12-31-24-33(21-20-29(31)10-1)46-49-47(34-22-23-40-35(26-34)25-32-13-4-6-16-38(32)40)51-48(50-46)42-27-36(39-18-9-14-30-11-3-5-15-37(30)39)28-44-45(42)41-17-7-8-19-43(41)52-44/h1-24,26-28H,25H2. The molecular weight excluding hydrogens is 635 g/mol. The van der Waals surface area contributed by atoms with E-state index in [1.54, 1.807) is 0 Å². The summed E-state index contributed by atoms with van der Waals surface area (Å²) in [5.74, 6) is 1.88. The van der Waals surface area contributed by atoms with Gasteiger partial charge in [0.15, 0.2) is 17.5 Å². The van der Waals surface area contributed by atoms with Crippen LogP contribution in [0, 0.1) is 0 Å². The SMILES string of the molecule is c1ccc2c(c1)Cc1cc(-c3nc(-c4ccc5ccccc5c4)nc(-c4cc(-c5cccc6ccccc56)cc5oc6ccccc6c45)n3)ccc1-2. The van der Waals surface area contributed by atoms with Crippen molar-refractivity contribution in [2.75, 3.05) is 0 Å². The number of para-hydroxylation sites is 1. The van der Waals surface area contributed by atoms with Gasteiger partial charge >= 0.3 is 0 Å². The highest BCUT2D eigenvalue weighted by Crippen LogP contribution is 2.42. The maximum Gasteiger partial charge on any atom is 0.164 e. The van der Waals surface area contributed by atoms with Crippen LogP contribution < -0.4 is 0 Å². The summed E-state index contributed by atoms with van der Waals surface area (Å²) >= 11 is 0. The second-order valence-corrected chi connectivity index (χ2v) is 13.6. The van der Waals surface area contributed by atoms with Gasteiger partial charge in [-0.25, -0.2) is 15.0 Å². The molecule has 0 fully saturated rings. The molecule has 2 heterocycles. The maximum absolute atomic E-state index is 6.58. The average molecular weight is 664 g/mol. The van der Waals surface area contributed by atoms with Crippen LogP contribution in [0.15, 0.2) is 168 Å². The van der Waals surface area contributed by atoms with Gasteiger partial charge in [-0.3, -0.25) is 0 Å². The summed E-state index contributed by atoms with van der Waals surface area (Å²) in [5.41, 5.74) is 11.8. The van der Waals surface area contributed by atoms with Crippen molar-refractivity contribution >= 4 is 43.5 Å². The van der Waals surface area contributed by atoms with Crippen LogP contribution in [0.25, 0.3) is 99.9 Å². The van der Waals surface area contributed by atoms with Crippen molar-refractivity contribution in [1.29, 1.82) is 0 Å². The van der Waals surface area contributed by atoms with E-state index >= 15 is 0 Å². The van der Waals surface area contributed by atoms with Crippen LogP contribution in [0.4, 0.5) is 0 Å². The third kappa shape index (κ3) is 4.58. The lowest BCUT2D eigenvalue weighted by Crippen LogP contribution is -2.01. The van der Waals surface area contributed by atoms with Crippen LogP contribution in [0.2, 0.25) is 0 Å². The Bertz CT molecular complexity index is 3060. The number of fused-ring (bicyclic) bond motifs is 8. The van der Waals surface area contributed by atoms with E-state index in [-0.39, 0.29) is 0 Å². The maximum atomic E-state index is 6.58. The molecule has 1 aliphatic carbocycles. The number of rotatable bonds is 4. The quantitative estimate of drug-likeness (QED) is 0.188. The largest absolute Gasteiger partial charge is 0.456 e. The summed E-state index contributed by atoms with van der Waals surface area (Å²) in [6.07, 6.45) is 0.892. The Balaban J connectivity index is 1.18. The van der Waals surface area contributed by atoms with Gasteiger partial charge in [0.2, 0.25) is 0 Å². The Morgan fingerprint density at radius 2 is 1.02 bits per heavy atom. The summed E-state index contributed by atoms with van der Waals surface area (Å²) < 4.78 is 6.58. The molecule has 4 nitrogen and oxygen atoms in total. The minimum absolute atomic E-state index is 0.607. The number of furan rings is 1. The Morgan fingerprint density at radius 3 is 1.92 bits per heavy atom. The molecule has 0 atom stereocenters. The van der Waals surface area contributed by atoms with Gasteiger partial charge in [0.25, 0.3) is 0 Å². The van der Waals surface area contributed by atoms with E-state index < -0.39 is 0 Å². The Labute approximate surface area is 299 Å². The number of hydrogen-bond acceptors (Lipinski definition) is 4. The first-order valence-corrected chi connectivity index (χ1v) is 17.6. The molecule has 4 heteroatoms. The van der Waals surface area contributed by atoms with E-state index in [0.717, 1.165) is 61.6 Å². The van der Waals surface area contributed by atoms with Crippen LogP contribution in [0.1, 0.15) is 11.1 Å². The fourth-order valence-corrected chi connectivity index (χ4v) is 8.03. The van der Waals surface area contributed by atoms with Gasteiger partial charge in [0.05, 0.1) is 0 Å². The third-order valence-corrected chi connectivity index (χ3v) is 10.5. The Hall–Kier alpha value is -6.91. The molecule has 0 amide bonds. The van der Waals surface area contributed by atoms with E-state index in [0.29, 0.717) is 17.5 Å². The monoisotopic (exact) mass is 663 g/mol. The minimum Gasteiger partial charge on any atom is -0.456 e. The average Bonchev–Trinajstić information content (AvgIpc) is 3.78. The summed E-state index contributed by atoms with van der Waals surface area (Å²) in [6.45, 7) is 0. The molecule has 0 N–H and O–H groups in total. The molecule has 0 saturated carbocycles. The zero-order valence-corrected chi connectivity index (χ0v) is 28.0. The van der Waals surface area contributed by atoms with Gasteiger partial charge in [0.1, 0.15) is 11.2 Å². The van der Waals surface area contributed by atoms with Crippen molar-refractivity contribution in [3.8, 4) is 56.4 Å². The summed E-state index contributed by atoms with van der Waals surface area (Å²) in [6, 6.07) is 57.7. The van der Waals surface area contributed by atoms with Crippen molar-refractivity contribution in [1.82, 2.24) is 15.0 Å². The molecule has 11 rings (SSSR count). The lowest BCUT2D eigenvalue weighted by molar-refractivity contribution is 0.669. The lowest BCUT2D eigenvalue weighted by Gasteiger charge is -2.13. The van der Waals surface area contributed by atoms with Crippen LogP contribution in [0.3, 0.4) is 0 Å². The van der Waals surface area contributed by atoms with Crippen LogP contribution >= 0.6 is 0 Å². The fourth-order valence-electron chi connectivity index (χ4n) is 8.03. The van der Waals surface area contributed by atoms with Crippen LogP contribution in [-0.2, 0) is 6.42 Å². The topological polar surface area (TPSA) is 51.8 Å². The molecule has 1 aliphatic rings. The van der Waals surface area contributed by atoms with Gasteiger partial charge in [0, 0.05) is 27.5 Å². The minimum atomic E-state index is 0.607. The number of aromatic nitrogens is 3. The van der Waals surface area contributed by atoms with Gasteiger partial charge < -0.3 is 4.42 Å². The first-order chi connectivity index (χ1) is 25.7. The molecule has 8 aromatic carbocycles. The van der Waals surface area contributed by atoms with E-state index in [4.69, 9.17) is 19.4 Å². The molecule has 0 aliphatic heterocycles. The molecule has 242 valence electrons. The van der Waals surface area contributed by atoms with Crippen molar-refractivity contribution in [2.45, 2.75) is 6.42 Å². The molecule has 2 aromatic heterocycles. The fraction of sp³-hybridized carbons (Fsp3) is 0.0208. The van der Waals surface area contributed by atoms with E-state index in [1.165, 1.54) is 38.4 Å². The molecule has 0 spiro atoms. The van der Waals surface area contributed by atoms with Crippen LogP contribution in [0.5, 0.6) is 0 Å². The summed E-state index contributed by atoms with van der Waals surface area (Å²) in [7, 11) is 0.